The number of carboxylic acid groups (broad SMARTS) is 1. The minimum atomic E-state index is -7.04. The van der Waals surface area contributed by atoms with Crippen LogP contribution in [-0.4, -0.2) is 47.1 Å². The fourth-order valence-electron chi connectivity index (χ4n) is 3.23. The summed E-state index contributed by atoms with van der Waals surface area (Å²) in [6.45, 7) is 2.08. The number of esters is 1. The highest BCUT2D eigenvalue weighted by molar-refractivity contribution is 5.90. The lowest BCUT2D eigenvalue weighted by Crippen LogP contribution is -2.61. The minimum Gasteiger partial charge on any atom is -0.478 e. The van der Waals surface area contributed by atoms with E-state index in [0.717, 1.165) is 44.9 Å². The number of ether oxygens (including phenoxy) is 1. The maximum Gasteiger partial charge on any atom is 0.460 e. The summed E-state index contributed by atoms with van der Waals surface area (Å²) >= 11 is 0. The molecule has 0 saturated carbocycles. The average molecular weight is 530 g/mol. The molecule has 0 radical (unpaired) electrons. The molecule has 1 atom stereocenters. The van der Waals surface area contributed by atoms with Crippen LogP contribution in [0, 0.1) is 0 Å². The van der Waals surface area contributed by atoms with Gasteiger partial charge in [0, 0.05) is 12.2 Å². The number of hydrogen-bond donors (Lipinski definition) is 1. The third kappa shape index (κ3) is 11.1. The zero-order chi connectivity index (χ0) is 27.3. The Hall–Kier alpha value is -1.95. The van der Waals surface area contributed by atoms with Crippen LogP contribution >= 0.6 is 0 Å². The summed E-state index contributed by atoms with van der Waals surface area (Å²) in [6, 6.07) is 0. The van der Waals surface area contributed by atoms with E-state index >= 15 is 0 Å². The number of halogens is 9. The number of hydrogen-bond acceptors (Lipinski definition) is 3. The van der Waals surface area contributed by atoms with Gasteiger partial charge in [0.05, 0.1) is 6.42 Å². The Kier molecular flexibility index (Phi) is 13.8. The van der Waals surface area contributed by atoms with Gasteiger partial charge in [0.25, 0.3) is 0 Å². The maximum absolute atomic E-state index is 14.0. The van der Waals surface area contributed by atoms with Crippen molar-refractivity contribution >= 4 is 11.9 Å². The lowest BCUT2D eigenvalue weighted by Gasteiger charge is -2.35. The highest BCUT2D eigenvalue weighted by atomic mass is 19.4. The van der Waals surface area contributed by atoms with E-state index in [9.17, 15) is 49.1 Å². The van der Waals surface area contributed by atoms with Gasteiger partial charge in [-0.15, -0.1) is 0 Å². The first kappa shape index (κ1) is 33.0. The van der Waals surface area contributed by atoms with Crippen LogP contribution in [0.1, 0.15) is 84.0 Å². The third-order valence-corrected chi connectivity index (χ3v) is 5.22. The number of aliphatic carboxylic acids is 1. The lowest BCUT2D eigenvalue weighted by molar-refractivity contribution is -0.398. The zero-order valence-electron chi connectivity index (χ0n) is 19.3. The Bertz CT molecular complexity index is 676. The van der Waals surface area contributed by atoms with Gasteiger partial charge >= 0.3 is 35.9 Å². The molecule has 0 bridgehead atoms. The average Bonchev–Trinajstić information content (AvgIpc) is 2.72. The first-order chi connectivity index (χ1) is 16.0. The molecule has 0 aromatic heterocycles. The largest absolute Gasteiger partial charge is 0.478 e. The van der Waals surface area contributed by atoms with Crippen molar-refractivity contribution in [3.8, 4) is 0 Å². The summed E-state index contributed by atoms with van der Waals surface area (Å²) in [5.41, 5.74) is 0. The summed E-state index contributed by atoms with van der Waals surface area (Å²) in [6.07, 6.45) is -3.32. The SMILES string of the molecule is CCCCCCCCCCCCC(CC(F)(F)C(F)(F)C(F)(F)C(F)(F)F)OC(=O)/C=C\C(=O)O. The van der Waals surface area contributed by atoms with Gasteiger partial charge in [-0.25, -0.2) is 9.59 Å². The Labute approximate surface area is 197 Å². The van der Waals surface area contributed by atoms with Crippen LogP contribution in [0.5, 0.6) is 0 Å². The van der Waals surface area contributed by atoms with E-state index in [4.69, 9.17) is 5.11 Å². The predicted octanol–water partition coefficient (Wildman–Crippen LogP) is 7.71. The normalized spacial score (nSPS) is 14.3. The third-order valence-electron chi connectivity index (χ3n) is 5.22. The molecule has 0 aliphatic carbocycles. The number of alkyl halides is 9. The summed E-state index contributed by atoms with van der Waals surface area (Å²) in [7, 11) is 0. The standard InChI is InChI=1S/C22H31F9O4/c1-2-3-4-5-6-7-8-9-10-11-12-16(35-18(34)14-13-17(32)33)15-19(23,24)20(25,26)21(27,28)22(29,30)31/h13-14,16H,2-12,15H2,1H3,(H,32,33)/b14-13-. The molecular weight excluding hydrogens is 499 g/mol. The van der Waals surface area contributed by atoms with Gasteiger partial charge < -0.3 is 9.84 Å². The molecule has 0 aromatic rings. The quantitative estimate of drug-likeness (QED) is 0.0854. The van der Waals surface area contributed by atoms with Crippen molar-refractivity contribution in [2.45, 2.75) is 114 Å². The Morgan fingerprint density at radius 2 is 1.20 bits per heavy atom. The van der Waals surface area contributed by atoms with Crippen molar-refractivity contribution in [1.82, 2.24) is 0 Å². The first-order valence-electron chi connectivity index (χ1n) is 11.3. The fraction of sp³-hybridized carbons (Fsp3) is 0.818. The Morgan fingerprint density at radius 1 is 0.743 bits per heavy atom. The van der Waals surface area contributed by atoms with E-state index in [1.165, 1.54) is 0 Å². The molecular formula is C22H31F9O4. The van der Waals surface area contributed by atoms with Gasteiger partial charge in [-0.2, -0.15) is 39.5 Å². The molecule has 0 spiro atoms. The monoisotopic (exact) mass is 530 g/mol. The minimum absolute atomic E-state index is 0.0355. The van der Waals surface area contributed by atoms with Crippen LogP contribution < -0.4 is 0 Å². The van der Waals surface area contributed by atoms with Crippen molar-refractivity contribution < 1.29 is 58.9 Å². The van der Waals surface area contributed by atoms with Crippen molar-refractivity contribution in [3.05, 3.63) is 12.2 Å². The molecule has 0 aliphatic rings. The lowest BCUT2D eigenvalue weighted by atomic mass is 9.95. The summed E-state index contributed by atoms with van der Waals surface area (Å²) in [5.74, 6) is -22.9. The molecule has 0 fully saturated rings. The molecule has 206 valence electrons. The molecule has 1 N–H and O–H groups in total. The van der Waals surface area contributed by atoms with Gasteiger partial charge in [0.15, 0.2) is 0 Å². The van der Waals surface area contributed by atoms with Crippen LogP contribution in [0.25, 0.3) is 0 Å². The number of rotatable bonds is 18. The zero-order valence-corrected chi connectivity index (χ0v) is 19.3. The van der Waals surface area contributed by atoms with Crippen LogP contribution in [0.15, 0.2) is 12.2 Å². The van der Waals surface area contributed by atoms with Gasteiger partial charge in [0.2, 0.25) is 0 Å². The van der Waals surface area contributed by atoms with E-state index < -0.39 is 54.8 Å². The molecule has 4 nitrogen and oxygen atoms in total. The van der Waals surface area contributed by atoms with Gasteiger partial charge in [-0.3, -0.25) is 0 Å². The Morgan fingerprint density at radius 3 is 1.63 bits per heavy atom. The molecule has 0 heterocycles. The molecule has 0 amide bonds. The molecule has 0 aliphatic heterocycles. The van der Waals surface area contributed by atoms with Crippen LogP contribution in [0.3, 0.4) is 0 Å². The number of carbonyl (C=O) groups excluding carboxylic acids is 1. The van der Waals surface area contributed by atoms with E-state index in [0.29, 0.717) is 12.8 Å². The first-order valence-corrected chi connectivity index (χ1v) is 11.3. The van der Waals surface area contributed by atoms with Gasteiger partial charge in [0.1, 0.15) is 6.10 Å². The second kappa shape index (κ2) is 14.6. The van der Waals surface area contributed by atoms with E-state index in [-0.39, 0.29) is 18.6 Å². The summed E-state index contributed by atoms with van der Waals surface area (Å²) in [5, 5.41) is 8.46. The van der Waals surface area contributed by atoms with Crippen LogP contribution in [0.4, 0.5) is 39.5 Å². The van der Waals surface area contributed by atoms with Crippen molar-refractivity contribution in [1.29, 1.82) is 0 Å². The number of unbranched alkanes of at least 4 members (excludes halogenated alkanes) is 9. The second-order valence-electron chi connectivity index (χ2n) is 8.26. The van der Waals surface area contributed by atoms with E-state index in [1.807, 2.05) is 0 Å². The summed E-state index contributed by atoms with van der Waals surface area (Å²) in [4.78, 5) is 22.0. The topological polar surface area (TPSA) is 63.6 Å². The molecule has 0 saturated heterocycles. The van der Waals surface area contributed by atoms with Crippen LogP contribution in [-0.2, 0) is 14.3 Å². The van der Waals surface area contributed by atoms with Crippen molar-refractivity contribution in [2.24, 2.45) is 0 Å². The smallest absolute Gasteiger partial charge is 0.460 e. The summed E-state index contributed by atoms with van der Waals surface area (Å²) < 4.78 is 123. The molecule has 0 rings (SSSR count). The number of carbonyl (C=O) groups is 2. The highest BCUT2D eigenvalue weighted by Gasteiger charge is 2.81. The molecule has 0 aromatic carbocycles. The Balaban J connectivity index is 5.13. The fourth-order valence-corrected chi connectivity index (χ4v) is 3.23. The van der Waals surface area contributed by atoms with Gasteiger partial charge in [-0.05, 0) is 12.8 Å². The predicted molar refractivity (Wildman–Crippen MR) is 109 cm³/mol. The van der Waals surface area contributed by atoms with E-state index in [1.54, 1.807) is 0 Å². The molecule has 13 heteroatoms. The van der Waals surface area contributed by atoms with Gasteiger partial charge in [-0.1, -0.05) is 64.7 Å². The maximum atomic E-state index is 14.0. The van der Waals surface area contributed by atoms with Crippen LogP contribution in [0.2, 0.25) is 0 Å². The van der Waals surface area contributed by atoms with Crippen molar-refractivity contribution in [2.75, 3.05) is 0 Å². The molecule has 1 unspecified atom stereocenters. The van der Waals surface area contributed by atoms with Crippen molar-refractivity contribution in [3.63, 3.8) is 0 Å². The molecule has 35 heavy (non-hydrogen) atoms. The second-order valence-corrected chi connectivity index (χ2v) is 8.26. The number of carboxylic acids is 1. The van der Waals surface area contributed by atoms with E-state index in [2.05, 4.69) is 11.7 Å². The highest BCUT2D eigenvalue weighted by Crippen LogP contribution is 2.54.